The Morgan fingerprint density at radius 3 is 2.47 bits per heavy atom. The fourth-order valence-corrected chi connectivity index (χ4v) is 2.91. The quantitative estimate of drug-likeness (QED) is 0.627. The molecule has 0 bridgehead atoms. The van der Waals surface area contributed by atoms with E-state index in [1.165, 1.54) is 0 Å². The summed E-state index contributed by atoms with van der Waals surface area (Å²) in [7, 11) is -3.49. The Morgan fingerprint density at radius 2 is 1.74 bits per heavy atom. The molecule has 0 unspecified atom stereocenters. The van der Waals surface area contributed by atoms with E-state index in [9.17, 15) is 8.42 Å². The molecule has 0 aliphatic carbocycles. The van der Waals surface area contributed by atoms with Crippen molar-refractivity contribution in [3.63, 3.8) is 0 Å². The zero-order valence-corrected chi connectivity index (χ0v) is 11.1. The number of fused-ring (bicyclic) bond motifs is 1. The summed E-state index contributed by atoms with van der Waals surface area (Å²) in [4.78, 5) is 0. The molecule has 0 amide bonds. The van der Waals surface area contributed by atoms with E-state index in [0.29, 0.717) is 12.2 Å². The second-order valence-electron chi connectivity index (χ2n) is 4.18. The van der Waals surface area contributed by atoms with Crippen LogP contribution < -0.4 is 4.18 Å². The monoisotopic (exact) mass is 288 g/mol. The molecule has 0 heterocycles. The minimum atomic E-state index is -3.49. The first-order valence-corrected chi connectivity index (χ1v) is 7.60. The average Bonchev–Trinajstić information content (AvgIpc) is 2.37. The van der Waals surface area contributed by atoms with Crippen molar-refractivity contribution in [2.24, 2.45) is 0 Å². The van der Waals surface area contributed by atoms with Gasteiger partial charge in [-0.15, -0.1) is 0 Å². The molecule has 0 spiro atoms. The SMILES string of the molecule is CCCCS(=O)(=O)Oc1cccc2ccccc12.[NaH]. The summed E-state index contributed by atoms with van der Waals surface area (Å²) in [5, 5.41) is 1.79. The van der Waals surface area contributed by atoms with Gasteiger partial charge in [0.15, 0.2) is 0 Å². The van der Waals surface area contributed by atoms with Crippen LogP contribution in [0.5, 0.6) is 5.75 Å². The summed E-state index contributed by atoms with van der Waals surface area (Å²) in [6.07, 6.45) is 1.45. The summed E-state index contributed by atoms with van der Waals surface area (Å²) >= 11 is 0. The maximum absolute atomic E-state index is 11.8. The van der Waals surface area contributed by atoms with E-state index in [1.807, 2.05) is 37.3 Å². The van der Waals surface area contributed by atoms with Gasteiger partial charge < -0.3 is 4.18 Å². The molecule has 0 fully saturated rings. The summed E-state index contributed by atoms with van der Waals surface area (Å²) < 4.78 is 28.8. The van der Waals surface area contributed by atoms with Crippen LogP contribution in [0.1, 0.15) is 19.8 Å². The van der Waals surface area contributed by atoms with Crippen LogP contribution in [-0.4, -0.2) is 43.7 Å². The van der Waals surface area contributed by atoms with Crippen LogP contribution in [0.2, 0.25) is 0 Å². The van der Waals surface area contributed by atoms with Gasteiger partial charge in [-0.1, -0.05) is 49.7 Å². The van der Waals surface area contributed by atoms with Gasteiger partial charge in [0.2, 0.25) is 0 Å². The van der Waals surface area contributed by atoms with Gasteiger partial charge in [-0.25, -0.2) is 0 Å². The van der Waals surface area contributed by atoms with Gasteiger partial charge in [0.05, 0.1) is 5.75 Å². The van der Waals surface area contributed by atoms with E-state index in [0.717, 1.165) is 17.2 Å². The molecule has 0 radical (unpaired) electrons. The van der Waals surface area contributed by atoms with Gasteiger partial charge in [0, 0.05) is 5.39 Å². The third-order valence-electron chi connectivity index (χ3n) is 2.71. The molecule has 2 rings (SSSR count). The van der Waals surface area contributed by atoms with E-state index >= 15 is 0 Å². The Labute approximate surface area is 136 Å². The Balaban J connectivity index is 0.00000180. The van der Waals surface area contributed by atoms with Crippen molar-refractivity contribution < 1.29 is 12.6 Å². The predicted octanol–water partition coefficient (Wildman–Crippen LogP) is 2.70. The van der Waals surface area contributed by atoms with Gasteiger partial charge in [-0.3, -0.25) is 0 Å². The normalized spacial score (nSPS) is 11.0. The Morgan fingerprint density at radius 1 is 1.05 bits per heavy atom. The molecule has 98 valence electrons. The summed E-state index contributed by atoms with van der Waals surface area (Å²) in [5.74, 6) is 0.469. The molecule has 2 aromatic carbocycles. The molecule has 0 N–H and O–H groups in total. The van der Waals surface area contributed by atoms with Gasteiger partial charge >= 0.3 is 39.7 Å². The van der Waals surface area contributed by atoms with Gasteiger partial charge in [0.1, 0.15) is 5.75 Å². The number of unbranched alkanes of at least 4 members (excludes halogenated alkanes) is 1. The zero-order chi connectivity index (χ0) is 13.0. The summed E-state index contributed by atoms with van der Waals surface area (Å²) in [5.41, 5.74) is 0. The first-order chi connectivity index (χ1) is 8.62. The maximum atomic E-state index is 11.8. The molecule has 3 nitrogen and oxygen atoms in total. The standard InChI is InChI=1S/C14H16O3S.Na.H/c1-2-3-11-18(15,16)17-14-10-6-8-12-7-4-5-9-13(12)14;;/h4-10H,2-3,11H2,1H3;;. The number of hydrogen-bond acceptors (Lipinski definition) is 3. The second-order valence-corrected chi connectivity index (χ2v) is 5.87. The molecule has 0 atom stereocenters. The van der Waals surface area contributed by atoms with Crippen molar-refractivity contribution in [1.29, 1.82) is 0 Å². The third kappa shape index (κ3) is 4.49. The van der Waals surface area contributed by atoms with Crippen molar-refractivity contribution >= 4 is 50.4 Å². The van der Waals surface area contributed by atoms with E-state index < -0.39 is 10.1 Å². The minimum absolute atomic E-state index is 0. The van der Waals surface area contributed by atoms with Crippen LogP contribution >= 0.6 is 0 Å². The Kier molecular flexibility index (Phi) is 6.33. The van der Waals surface area contributed by atoms with Crippen molar-refractivity contribution in [1.82, 2.24) is 0 Å². The van der Waals surface area contributed by atoms with E-state index in [4.69, 9.17) is 4.18 Å². The Hall–Kier alpha value is -0.550. The molecule has 0 saturated heterocycles. The number of rotatable bonds is 5. The molecular formula is C14H17NaO3S. The van der Waals surface area contributed by atoms with Gasteiger partial charge in [-0.2, -0.15) is 8.42 Å². The van der Waals surface area contributed by atoms with Crippen LogP contribution in [-0.2, 0) is 10.1 Å². The van der Waals surface area contributed by atoms with Crippen molar-refractivity contribution in [2.45, 2.75) is 19.8 Å². The molecular weight excluding hydrogens is 271 g/mol. The molecule has 19 heavy (non-hydrogen) atoms. The first-order valence-electron chi connectivity index (χ1n) is 6.02. The summed E-state index contributed by atoms with van der Waals surface area (Å²) in [6.45, 7) is 1.95. The van der Waals surface area contributed by atoms with Gasteiger partial charge in [-0.05, 0) is 17.9 Å². The fraction of sp³-hybridized carbons (Fsp3) is 0.286. The second kappa shape index (κ2) is 7.29. The molecule has 5 heteroatoms. The van der Waals surface area contributed by atoms with Crippen molar-refractivity contribution in [3.8, 4) is 5.75 Å². The van der Waals surface area contributed by atoms with Crippen LogP contribution in [0.3, 0.4) is 0 Å². The van der Waals surface area contributed by atoms with Crippen molar-refractivity contribution in [2.75, 3.05) is 5.75 Å². The number of hydrogen-bond donors (Lipinski definition) is 0. The van der Waals surface area contributed by atoms with Gasteiger partial charge in [0.25, 0.3) is 0 Å². The van der Waals surface area contributed by atoms with Crippen LogP contribution in [0.25, 0.3) is 10.8 Å². The molecule has 0 saturated carbocycles. The van der Waals surface area contributed by atoms with Crippen LogP contribution in [0.15, 0.2) is 42.5 Å². The molecule has 2 aromatic rings. The topological polar surface area (TPSA) is 43.4 Å². The van der Waals surface area contributed by atoms with Crippen LogP contribution in [0.4, 0.5) is 0 Å². The first kappa shape index (κ1) is 16.5. The van der Waals surface area contributed by atoms with Crippen LogP contribution in [0, 0.1) is 0 Å². The molecule has 0 aliphatic heterocycles. The predicted molar refractivity (Wildman–Crippen MR) is 80.4 cm³/mol. The number of benzene rings is 2. The Bertz CT molecular complexity index is 633. The summed E-state index contributed by atoms with van der Waals surface area (Å²) in [6, 6.07) is 13.0. The molecule has 0 aromatic heterocycles. The van der Waals surface area contributed by atoms with Crippen molar-refractivity contribution in [3.05, 3.63) is 42.5 Å². The fourth-order valence-electron chi connectivity index (χ4n) is 1.77. The van der Waals surface area contributed by atoms with E-state index in [2.05, 4.69) is 0 Å². The van der Waals surface area contributed by atoms with E-state index in [-0.39, 0.29) is 35.3 Å². The zero-order valence-electron chi connectivity index (χ0n) is 10.3. The third-order valence-corrected chi connectivity index (χ3v) is 3.94. The molecule has 0 aliphatic rings. The van der Waals surface area contributed by atoms with E-state index in [1.54, 1.807) is 12.1 Å². The average molecular weight is 288 g/mol.